The topological polar surface area (TPSA) is 27.7 Å². The molecule has 43 heavy (non-hydrogen) atoms. The summed E-state index contributed by atoms with van der Waals surface area (Å²) in [4.78, 5) is 0. The first-order chi connectivity index (χ1) is 21.2. The highest BCUT2D eigenvalue weighted by Crippen LogP contribution is 2.14. The standard InChI is InChI=1S/C38H72Cl2O3/c1-37(31-27-23-19-15-11-7-3-5-9-13-17-21-25-29-33-39)42-35-41-36-43-38(2)32-28-24-20-16-12-8-4-6-10-14-18-22-26-30-34-40/h19-20,23-24,37-38H,3-18,21-22,25-36H2,1-2H3. The highest BCUT2D eigenvalue weighted by molar-refractivity contribution is 6.18. The molecule has 3 nitrogen and oxygen atoms in total. The molecule has 2 unspecified atom stereocenters. The van der Waals surface area contributed by atoms with Crippen molar-refractivity contribution >= 4 is 23.2 Å². The van der Waals surface area contributed by atoms with E-state index < -0.39 is 0 Å². The van der Waals surface area contributed by atoms with Crippen molar-refractivity contribution < 1.29 is 14.2 Å². The predicted octanol–water partition coefficient (Wildman–Crippen LogP) is 13.5. The zero-order valence-electron chi connectivity index (χ0n) is 28.7. The minimum atomic E-state index is 0.207. The molecule has 0 radical (unpaired) electrons. The number of ether oxygens (including phenoxy) is 3. The Balaban J connectivity index is 3.36. The van der Waals surface area contributed by atoms with Gasteiger partial charge < -0.3 is 14.2 Å². The monoisotopic (exact) mass is 646 g/mol. The van der Waals surface area contributed by atoms with Crippen LogP contribution in [-0.2, 0) is 14.2 Å². The molecule has 0 aromatic carbocycles. The van der Waals surface area contributed by atoms with Crippen LogP contribution in [0.3, 0.4) is 0 Å². The van der Waals surface area contributed by atoms with E-state index in [0.29, 0.717) is 13.6 Å². The minimum Gasteiger partial charge on any atom is -0.352 e. The van der Waals surface area contributed by atoms with Crippen LogP contribution >= 0.6 is 23.2 Å². The second kappa shape index (κ2) is 38.1. The van der Waals surface area contributed by atoms with Crippen molar-refractivity contribution in [3.8, 4) is 0 Å². The zero-order valence-corrected chi connectivity index (χ0v) is 30.2. The molecule has 0 aliphatic carbocycles. The Hall–Kier alpha value is -0.0600. The summed E-state index contributed by atoms with van der Waals surface area (Å²) in [5.74, 6) is 1.64. The maximum absolute atomic E-state index is 5.78. The number of unbranched alkanes of at least 4 members (excludes halogenated alkanes) is 20. The molecule has 0 aromatic heterocycles. The Kier molecular flexibility index (Phi) is 38.1. The van der Waals surface area contributed by atoms with E-state index in [4.69, 9.17) is 37.4 Å². The lowest BCUT2D eigenvalue weighted by molar-refractivity contribution is -0.160. The van der Waals surface area contributed by atoms with Gasteiger partial charge in [0.1, 0.15) is 13.6 Å². The summed E-state index contributed by atoms with van der Waals surface area (Å²) in [5, 5.41) is 0. The number of halogens is 2. The molecule has 0 aliphatic heterocycles. The van der Waals surface area contributed by atoms with E-state index in [9.17, 15) is 0 Å². The second-order valence-corrected chi connectivity index (χ2v) is 13.3. The molecule has 0 aliphatic rings. The lowest BCUT2D eigenvalue weighted by Crippen LogP contribution is -2.15. The number of alkyl halides is 2. The van der Waals surface area contributed by atoms with Crippen LogP contribution in [0.15, 0.2) is 24.3 Å². The van der Waals surface area contributed by atoms with E-state index >= 15 is 0 Å². The van der Waals surface area contributed by atoms with E-state index in [1.165, 1.54) is 141 Å². The molecule has 2 atom stereocenters. The first-order valence-electron chi connectivity index (χ1n) is 18.4. The van der Waals surface area contributed by atoms with Crippen LogP contribution in [-0.4, -0.2) is 37.6 Å². The van der Waals surface area contributed by atoms with E-state index in [2.05, 4.69) is 38.2 Å². The molecule has 0 saturated carbocycles. The van der Waals surface area contributed by atoms with E-state index in [1.54, 1.807) is 0 Å². The third-order valence-electron chi connectivity index (χ3n) is 8.19. The Morgan fingerprint density at radius 2 is 0.674 bits per heavy atom. The van der Waals surface area contributed by atoms with Gasteiger partial charge in [-0.2, -0.15) is 0 Å². The predicted molar refractivity (Wildman–Crippen MR) is 192 cm³/mol. The van der Waals surface area contributed by atoms with E-state index in [-0.39, 0.29) is 12.2 Å². The fourth-order valence-corrected chi connectivity index (χ4v) is 5.58. The van der Waals surface area contributed by atoms with Crippen LogP contribution in [0.5, 0.6) is 0 Å². The lowest BCUT2D eigenvalue weighted by Gasteiger charge is -2.14. The summed E-state index contributed by atoms with van der Waals surface area (Å²) in [6.07, 6.45) is 43.4. The molecule has 0 amide bonds. The summed E-state index contributed by atoms with van der Waals surface area (Å²) in [7, 11) is 0. The van der Waals surface area contributed by atoms with Crippen molar-refractivity contribution in [2.45, 2.75) is 193 Å². The molecule has 0 N–H and O–H groups in total. The molecule has 0 saturated heterocycles. The van der Waals surface area contributed by atoms with Gasteiger partial charge >= 0.3 is 0 Å². The van der Waals surface area contributed by atoms with Crippen LogP contribution in [0.4, 0.5) is 0 Å². The van der Waals surface area contributed by atoms with Crippen molar-refractivity contribution in [3.05, 3.63) is 24.3 Å². The van der Waals surface area contributed by atoms with Gasteiger partial charge in [0.15, 0.2) is 0 Å². The first kappa shape index (κ1) is 42.9. The summed E-state index contributed by atoms with van der Waals surface area (Å²) in [5.41, 5.74) is 0. The molecule has 0 spiro atoms. The second-order valence-electron chi connectivity index (χ2n) is 12.5. The Morgan fingerprint density at radius 3 is 1.00 bits per heavy atom. The van der Waals surface area contributed by atoms with Crippen LogP contribution in [0.1, 0.15) is 181 Å². The van der Waals surface area contributed by atoms with Gasteiger partial charge in [-0.25, -0.2) is 0 Å². The molecule has 0 rings (SSSR count). The van der Waals surface area contributed by atoms with Crippen molar-refractivity contribution in [1.82, 2.24) is 0 Å². The fourth-order valence-electron chi connectivity index (χ4n) is 5.20. The van der Waals surface area contributed by atoms with Gasteiger partial charge in [-0.3, -0.25) is 0 Å². The van der Waals surface area contributed by atoms with Crippen LogP contribution < -0.4 is 0 Å². The quantitative estimate of drug-likeness (QED) is 0.0293. The Morgan fingerprint density at radius 1 is 0.395 bits per heavy atom. The van der Waals surface area contributed by atoms with Gasteiger partial charge in [-0.1, -0.05) is 127 Å². The molecule has 0 bridgehead atoms. The molecule has 256 valence electrons. The number of allylic oxidation sites excluding steroid dienone is 4. The van der Waals surface area contributed by atoms with Crippen molar-refractivity contribution in [3.63, 3.8) is 0 Å². The average Bonchev–Trinajstić information content (AvgIpc) is 3.00. The smallest absolute Gasteiger partial charge is 0.149 e. The van der Waals surface area contributed by atoms with E-state index in [1.807, 2.05) is 0 Å². The summed E-state index contributed by atoms with van der Waals surface area (Å²) in [6, 6.07) is 0. The number of rotatable bonds is 36. The van der Waals surface area contributed by atoms with Gasteiger partial charge in [-0.15, -0.1) is 23.2 Å². The molecular formula is C38H72Cl2O3. The molecule has 5 heteroatoms. The van der Waals surface area contributed by atoms with Gasteiger partial charge in [-0.05, 0) is 78.1 Å². The Bertz CT molecular complexity index is 521. The first-order valence-corrected chi connectivity index (χ1v) is 19.5. The third kappa shape index (κ3) is 38.0. The largest absolute Gasteiger partial charge is 0.352 e. The number of hydrogen-bond donors (Lipinski definition) is 0. The zero-order chi connectivity index (χ0) is 31.3. The fraction of sp³-hybridized carbons (Fsp3) is 0.895. The maximum Gasteiger partial charge on any atom is 0.149 e. The highest BCUT2D eigenvalue weighted by atomic mass is 35.5. The minimum absolute atomic E-state index is 0.207. The SMILES string of the molecule is CC(CCC=CCCCCCCCCCCCCCl)OCOCOC(C)CCC=CCCCCCCCCCCCCCl. The maximum atomic E-state index is 5.78. The van der Waals surface area contributed by atoms with E-state index in [0.717, 1.165) is 37.4 Å². The molecule has 0 aromatic rings. The van der Waals surface area contributed by atoms with Crippen LogP contribution in [0, 0.1) is 0 Å². The van der Waals surface area contributed by atoms with Crippen molar-refractivity contribution in [1.29, 1.82) is 0 Å². The van der Waals surface area contributed by atoms with Gasteiger partial charge in [0.2, 0.25) is 0 Å². The van der Waals surface area contributed by atoms with Gasteiger partial charge in [0, 0.05) is 11.8 Å². The van der Waals surface area contributed by atoms with Gasteiger partial charge in [0.25, 0.3) is 0 Å². The Labute approximate surface area is 279 Å². The molecular weight excluding hydrogens is 575 g/mol. The van der Waals surface area contributed by atoms with Crippen molar-refractivity contribution in [2.75, 3.05) is 25.3 Å². The summed E-state index contributed by atoms with van der Waals surface area (Å²) < 4.78 is 17.1. The lowest BCUT2D eigenvalue weighted by atomic mass is 10.1. The average molecular weight is 648 g/mol. The molecule has 0 fully saturated rings. The van der Waals surface area contributed by atoms with Crippen LogP contribution in [0.2, 0.25) is 0 Å². The number of hydrogen-bond acceptors (Lipinski definition) is 3. The van der Waals surface area contributed by atoms with Crippen molar-refractivity contribution in [2.24, 2.45) is 0 Å². The van der Waals surface area contributed by atoms with Crippen LogP contribution in [0.25, 0.3) is 0 Å². The normalized spacial score (nSPS) is 13.5. The summed E-state index contributed by atoms with van der Waals surface area (Å²) >= 11 is 11.4. The third-order valence-corrected chi connectivity index (χ3v) is 8.73. The molecule has 0 heterocycles. The summed E-state index contributed by atoms with van der Waals surface area (Å²) in [6.45, 7) is 4.86. The highest BCUT2D eigenvalue weighted by Gasteiger charge is 2.03. The van der Waals surface area contributed by atoms with Gasteiger partial charge in [0.05, 0.1) is 12.2 Å².